The molecule has 0 N–H and O–H groups in total. The molecule has 1 unspecified atom stereocenters. The van der Waals surface area contributed by atoms with E-state index in [1.54, 1.807) is 6.33 Å². The van der Waals surface area contributed by atoms with Crippen LogP contribution in [0.2, 0.25) is 0 Å². The van der Waals surface area contributed by atoms with E-state index in [1.165, 1.54) is 5.69 Å². The monoisotopic (exact) mass is 314 g/mol. The molecule has 2 aliphatic heterocycles. The molecule has 0 saturated carbocycles. The van der Waals surface area contributed by atoms with Crippen LogP contribution in [0.4, 0.5) is 5.69 Å². The Morgan fingerprint density at radius 1 is 1.17 bits per heavy atom. The predicted octanol–water partition coefficient (Wildman–Crippen LogP) is 1.55. The van der Waals surface area contributed by atoms with Crippen LogP contribution in [-0.2, 0) is 4.74 Å². The second-order valence-electron chi connectivity index (χ2n) is 6.27. The van der Waals surface area contributed by atoms with E-state index in [9.17, 15) is 0 Å². The van der Waals surface area contributed by atoms with E-state index < -0.39 is 0 Å². The summed E-state index contributed by atoms with van der Waals surface area (Å²) in [4.78, 5) is 13.5. The van der Waals surface area contributed by atoms with E-state index in [0.717, 1.165) is 50.1 Å². The Hall–Kier alpha value is -1.92. The van der Waals surface area contributed by atoms with Crippen LogP contribution in [0.15, 0.2) is 24.5 Å². The lowest BCUT2D eigenvalue weighted by Gasteiger charge is -2.34. The molecular weight excluding hydrogens is 292 g/mol. The van der Waals surface area contributed by atoms with Crippen molar-refractivity contribution >= 4 is 16.6 Å². The summed E-state index contributed by atoms with van der Waals surface area (Å²) < 4.78 is 11.4. The van der Waals surface area contributed by atoms with Gasteiger partial charge >= 0.3 is 0 Å². The standard InChI is InChI=1S/C17H22N4O2/c1-20-5-7-21(8-6-20)13-2-3-16-15(10-13)17(19-12-18-16)23-14-4-9-22-11-14/h2-3,10,12,14H,4-9,11H2,1H3. The number of fused-ring (bicyclic) bond motifs is 1. The van der Waals surface area contributed by atoms with E-state index in [2.05, 4.69) is 45.0 Å². The Labute approximate surface area is 136 Å². The van der Waals surface area contributed by atoms with Crippen LogP contribution in [0.25, 0.3) is 10.9 Å². The molecule has 2 saturated heterocycles. The van der Waals surface area contributed by atoms with Crippen LogP contribution in [0.3, 0.4) is 0 Å². The molecule has 1 aromatic carbocycles. The normalized spacial score (nSPS) is 22.7. The molecule has 2 aliphatic rings. The minimum Gasteiger partial charge on any atom is -0.471 e. The van der Waals surface area contributed by atoms with Crippen LogP contribution in [-0.4, -0.2) is 67.4 Å². The second kappa shape index (κ2) is 6.29. The highest BCUT2D eigenvalue weighted by Gasteiger charge is 2.20. The molecular formula is C17H22N4O2. The number of aromatic nitrogens is 2. The first-order valence-electron chi connectivity index (χ1n) is 8.22. The molecule has 0 amide bonds. The van der Waals surface area contributed by atoms with Gasteiger partial charge in [-0.3, -0.25) is 0 Å². The number of hydrogen-bond acceptors (Lipinski definition) is 6. The highest BCUT2D eigenvalue weighted by atomic mass is 16.5. The fourth-order valence-corrected chi connectivity index (χ4v) is 3.14. The van der Waals surface area contributed by atoms with Gasteiger partial charge in [0, 0.05) is 38.3 Å². The van der Waals surface area contributed by atoms with Crippen molar-refractivity contribution < 1.29 is 9.47 Å². The lowest BCUT2D eigenvalue weighted by Crippen LogP contribution is -2.44. The van der Waals surface area contributed by atoms with Crippen molar-refractivity contribution in [2.75, 3.05) is 51.3 Å². The molecule has 0 spiro atoms. The predicted molar refractivity (Wildman–Crippen MR) is 89.1 cm³/mol. The Morgan fingerprint density at radius 2 is 2.04 bits per heavy atom. The van der Waals surface area contributed by atoms with Crippen LogP contribution in [0, 0.1) is 0 Å². The summed E-state index contributed by atoms with van der Waals surface area (Å²) in [5, 5.41) is 0.982. The van der Waals surface area contributed by atoms with Crippen molar-refractivity contribution in [1.29, 1.82) is 0 Å². The second-order valence-corrected chi connectivity index (χ2v) is 6.27. The van der Waals surface area contributed by atoms with E-state index in [4.69, 9.17) is 9.47 Å². The summed E-state index contributed by atoms with van der Waals surface area (Å²) in [6, 6.07) is 6.36. The molecule has 0 radical (unpaired) electrons. The van der Waals surface area contributed by atoms with E-state index in [0.29, 0.717) is 12.5 Å². The zero-order valence-electron chi connectivity index (χ0n) is 13.4. The van der Waals surface area contributed by atoms with E-state index in [-0.39, 0.29) is 6.10 Å². The number of piperazine rings is 1. The maximum Gasteiger partial charge on any atom is 0.224 e. The quantitative estimate of drug-likeness (QED) is 0.857. The van der Waals surface area contributed by atoms with Gasteiger partial charge in [-0.05, 0) is 25.2 Å². The SMILES string of the molecule is CN1CCN(c2ccc3ncnc(OC4CCOC4)c3c2)CC1. The third-order valence-electron chi connectivity index (χ3n) is 4.62. The van der Waals surface area contributed by atoms with Crippen molar-refractivity contribution in [2.45, 2.75) is 12.5 Å². The molecule has 1 aromatic heterocycles. The Morgan fingerprint density at radius 3 is 2.83 bits per heavy atom. The van der Waals surface area contributed by atoms with Crippen molar-refractivity contribution in [2.24, 2.45) is 0 Å². The van der Waals surface area contributed by atoms with Crippen molar-refractivity contribution in [3.05, 3.63) is 24.5 Å². The summed E-state index contributed by atoms with van der Waals surface area (Å²) in [6.07, 6.45) is 2.59. The summed E-state index contributed by atoms with van der Waals surface area (Å²) >= 11 is 0. The van der Waals surface area contributed by atoms with Gasteiger partial charge in [0.25, 0.3) is 0 Å². The number of hydrogen-bond donors (Lipinski definition) is 0. The van der Waals surface area contributed by atoms with Gasteiger partial charge in [0.15, 0.2) is 0 Å². The molecule has 122 valence electrons. The molecule has 23 heavy (non-hydrogen) atoms. The number of nitrogens with zero attached hydrogens (tertiary/aromatic N) is 4. The van der Waals surface area contributed by atoms with Crippen LogP contribution in [0.1, 0.15) is 6.42 Å². The Balaban J connectivity index is 1.63. The molecule has 0 aliphatic carbocycles. The summed E-state index contributed by atoms with van der Waals surface area (Å²) in [5.41, 5.74) is 2.14. The van der Waals surface area contributed by atoms with Gasteiger partial charge in [0.05, 0.1) is 24.1 Å². The smallest absolute Gasteiger partial charge is 0.224 e. The van der Waals surface area contributed by atoms with Gasteiger partial charge < -0.3 is 19.3 Å². The molecule has 1 atom stereocenters. The first-order valence-corrected chi connectivity index (χ1v) is 8.22. The zero-order valence-corrected chi connectivity index (χ0v) is 13.4. The minimum absolute atomic E-state index is 0.0976. The van der Waals surface area contributed by atoms with Gasteiger partial charge in [-0.25, -0.2) is 9.97 Å². The number of rotatable bonds is 3. The van der Waals surface area contributed by atoms with Gasteiger partial charge in [-0.1, -0.05) is 0 Å². The minimum atomic E-state index is 0.0976. The first kappa shape index (κ1) is 14.7. The first-order chi connectivity index (χ1) is 11.3. The number of anilines is 1. The van der Waals surface area contributed by atoms with Gasteiger partial charge in [-0.15, -0.1) is 0 Å². The molecule has 0 bridgehead atoms. The van der Waals surface area contributed by atoms with Gasteiger partial charge in [0.1, 0.15) is 12.4 Å². The fraction of sp³-hybridized carbons (Fsp3) is 0.529. The largest absolute Gasteiger partial charge is 0.471 e. The molecule has 2 fully saturated rings. The maximum absolute atomic E-state index is 6.05. The van der Waals surface area contributed by atoms with E-state index in [1.807, 2.05) is 0 Å². The van der Waals surface area contributed by atoms with Crippen LogP contribution < -0.4 is 9.64 Å². The number of benzene rings is 1. The van der Waals surface area contributed by atoms with Crippen molar-refractivity contribution in [3.8, 4) is 5.88 Å². The summed E-state index contributed by atoms with van der Waals surface area (Å²) in [7, 11) is 2.17. The highest BCUT2D eigenvalue weighted by molar-refractivity contribution is 5.86. The topological polar surface area (TPSA) is 50.7 Å². The Bertz CT molecular complexity index is 679. The lowest BCUT2D eigenvalue weighted by molar-refractivity contribution is 0.139. The lowest BCUT2D eigenvalue weighted by atomic mass is 10.2. The number of likely N-dealkylation sites (N-methyl/N-ethyl adjacent to an activating group) is 1. The molecule has 6 nitrogen and oxygen atoms in total. The average molecular weight is 314 g/mol. The summed E-state index contributed by atoms with van der Waals surface area (Å²) in [5.74, 6) is 0.668. The third-order valence-corrected chi connectivity index (χ3v) is 4.62. The zero-order chi connectivity index (χ0) is 15.6. The number of ether oxygens (including phenoxy) is 2. The maximum atomic E-state index is 6.05. The highest BCUT2D eigenvalue weighted by Crippen LogP contribution is 2.28. The average Bonchev–Trinajstić information content (AvgIpc) is 3.09. The van der Waals surface area contributed by atoms with Crippen molar-refractivity contribution in [1.82, 2.24) is 14.9 Å². The molecule has 2 aromatic rings. The molecule has 4 rings (SSSR count). The molecule has 3 heterocycles. The summed E-state index contributed by atoms with van der Waals surface area (Å²) in [6.45, 7) is 5.67. The van der Waals surface area contributed by atoms with E-state index >= 15 is 0 Å². The molecule has 6 heteroatoms. The van der Waals surface area contributed by atoms with Gasteiger partial charge in [0.2, 0.25) is 5.88 Å². The van der Waals surface area contributed by atoms with Gasteiger partial charge in [-0.2, -0.15) is 0 Å². The van der Waals surface area contributed by atoms with Crippen molar-refractivity contribution in [3.63, 3.8) is 0 Å². The van der Waals surface area contributed by atoms with Crippen LogP contribution in [0.5, 0.6) is 5.88 Å². The fourth-order valence-electron chi connectivity index (χ4n) is 3.14. The van der Waals surface area contributed by atoms with Crippen LogP contribution >= 0.6 is 0 Å². The Kier molecular flexibility index (Phi) is 4.01. The third kappa shape index (κ3) is 3.09.